The number of carbonyl (C=O) groups is 4. The van der Waals surface area contributed by atoms with Crippen LogP contribution in [0.3, 0.4) is 0 Å². The maximum Gasteiger partial charge on any atom is 0.513 e. The van der Waals surface area contributed by atoms with Gasteiger partial charge in [-0.2, -0.15) is 0 Å². The molecule has 0 saturated carbocycles. The molecule has 0 amide bonds. The second-order valence-electron chi connectivity index (χ2n) is 4.47. The minimum absolute atomic E-state index is 0.0720. The van der Waals surface area contributed by atoms with Crippen molar-refractivity contribution in [2.45, 2.75) is 0 Å². The molecule has 2 N–H and O–H groups in total. The van der Waals surface area contributed by atoms with Gasteiger partial charge in [-0.15, -0.1) is 0 Å². The number of rotatable bonds is 3. The van der Waals surface area contributed by atoms with E-state index in [0.29, 0.717) is 11.1 Å². The third-order valence-electron chi connectivity index (χ3n) is 2.93. The molecular formula is C16H10O8. The molecule has 2 aromatic carbocycles. The molecule has 24 heavy (non-hydrogen) atoms. The fourth-order valence-electron chi connectivity index (χ4n) is 1.87. The summed E-state index contributed by atoms with van der Waals surface area (Å²) in [5.41, 5.74) is 1.53. The predicted octanol–water partition coefficient (Wildman–Crippen LogP) is 3.02. The number of carbonyl (C=O) groups excluding carboxylic acids is 2. The average molecular weight is 330 g/mol. The molecule has 0 aliphatic rings. The van der Waals surface area contributed by atoms with Crippen molar-refractivity contribution in [1.29, 1.82) is 0 Å². The zero-order valence-electron chi connectivity index (χ0n) is 12.0. The molecule has 8 nitrogen and oxygen atoms in total. The summed E-state index contributed by atoms with van der Waals surface area (Å²) in [6, 6.07) is 11.9. The van der Waals surface area contributed by atoms with E-state index in [1.807, 2.05) is 0 Å². The van der Waals surface area contributed by atoms with Crippen molar-refractivity contribution in [3.8, 4) is 11.1 Å². The number of hydrogen-bond acceptors (Lipinski definition) is 6. The highest BCUT2D eigenvalue weighted by molar-refractivity contribution is 5.96. The SMILES string of the molecule is O=C(O)OC(=O)c1ccc(-c2ccc(C(=O)OC(=O)O)cc2)cc1. The second-order valence-corrected chi connectivity index (χ2v) is 4.47. The molecule has 0 bridgehead atoms. The van der Waals surface area contributed by atoms with Crippen molar-refractivity contribution < 1.29 is 38.9 Å². The minimum atomic E-state index is -1.69. The van der Waals surface area contributed by atoms with Gasteiger partial charge in [-0.1, -0.05) is 24.3 Å². The van der Waals surface area contributed by atoms with E-state index in [4.69, 9.17) is 10.2 Å². The van der Waals surface area contributed by atoms with Crippen molar-refractivity contribution >= 4 is 24.2 Å². The number of esters is 2. The van der Waals surface area contributed by atoms with E-state index < -0.39 is 24.2 Å². The molecule has 0 aliphatic heterocycles. The van der Waals surface area contributed by atoms with Crippen molar-refractivity contribution in [2.24, 2.45) is 0 Å². The molecule has 2 rings (SSSR count). The Kier molecular flexibility index (Phi) is 4.90. The van der Waals surface area contributed by atoms with Crippen LogP contribution in [0.25, 0.3) is 11.1 Å². The molecular weight excluding hydrogens is 320 g/mol. The number of benzene rings is 2. The molecule has 8 heteroatoms. The first-order valence-electron chi connectivity index (χ1n) is 6.47. The summed E-state index contributed by atoms with van der Waals surface area (Å²) >= 11 is 0. The first-order chi connectivity index (χ1) is 11.4. The minimum Gasteiger partial charge on any atom is -0.449 e. The van der Waals surface area contributed by atoms with E-state index in [-0.39, 0.29) is 11.1 Å². The molecule has 0 saturated heterocycles. The quantitative estimate of drug-likeness (QED) is 0.649. The zero-order valence-corrected chi connectivity index (χ0v) is 12.0. The van der Waals surface area contributed by atoms with Crippen molar-refractivity contribution in [1.82, 2.24) is 0 Å². The Hall–Kier alpha value is -3.68. The molecule has 0 fully saturated rings. The van der Waals surface area contributed by atoms with Gasteiger partial charge in [-0.25, -0.2) is 19.2 Å². The van der Waals surface area contributed by atoms with E-state index in [1.165, 1.54) is 24.3 Å². The van der Waals surface area contributed by atoms with Gasteiger partial charge in [0.2, 0.25) is 0 Å². The van der Waals surface area contributed by atoms with Gasteiger partial charge < -0.3 is 19.7 Å². The van der Waals surface area contributed by atoms with Gasteiger partial charge >= 0.3 is 24.2 Å². The standard InChI is InChI=1S/C16H10O8/c17-13(23-15(19)20)11-5-1-9(2-6-11)10-3-7-12(8-4-10)14(18)24-16(21)22/h1-8H,(H,19,20)(H,21,22). The van der Waals surface area contributed by atoms with Crippen LogP contribution in [0.1, 0.15) is 20.7 Å². The Labute approximate surface area is 134 Å². The fraction of sp³-hybridized carbons (Fsp3) is 0. The smallest absolute Gasteiger partial charge is 0.449 e. The van der Waals surface area contributed by atoms with Crippen LogP contribution in [0.5, 0.6) is 0 Å². The van der Waals surface area contributed by atoms with Crippen LogP contribution in [0, 0.1) is 0 Å². The van der Waals surface area contributed by atoms with Gasteiger partial charge in [0, 0.05) is 0 Å². The lowest BCUT2D eigenvalue weighted by Crippen LogP contribution is -2.10. The molecule has 0 aromatic heterocycles. The summed E-state index contributed by atoms with van der Waals surface area (Å²) in [6.45, 7) is 0. The topological polar surface area (TPSA) is 127 Å². The summed E-state index contributed by atoms with van der Waals surface area (Å²) in [7, 11) is 0. The Bertz CT molecular complexity index is 720. The first-order valence-corrected chi connectivity index (χ1v) is 6.47. The Morgan fingerprint density at radius 2 is 0.875 bits per heavy atom. The second kappa shape index (κ2) is 7.05. The van der Waals surface area contributed by atoms with Crippen LogP contribution >= 0.6 is 0 Å². The van der Waals surface area contributed by atoms with Crippen LogP contribution < -0.4 is 0 Å². The molecule has 0 atom stereocenters. The molecule has 0 unspecified atom stereocenters. The number of ether oxygens (including phenoxy) is 2. The summed E-state index contributed by atoms with van der Waals surface area (Å²) in [6.07, 6.45) is -3.37. The van der Waals surface area contributed by atoms with Gasteiger partial charge in [-0.3, -0.25) is 0 Å². The van der Waals surface area contributed by atoms with E-state index in [2.05, 4.69) is 9.47 Å². The van der Waals surface area contributed by atoms with Crippen LogP contribution in [0.2, 0.25) is 0 Å². The van der Waals surface area contributed by atoms with Crippen molar-refractivity contribution in [3.63, 3.8) is 0 Å². The Balaban J connectivity index is 2.14. The monoisotopic (exact) mass is 330 g/mol. The third kappa shape index (κ3) is 4.17. The van der Waals surface area contributed by atoms with E-state index in [9.17, 15) is 19.2 Å². The summed E-state index contributed by atoms with van der Waals surface area (Å²) in [5, 5.41) is 16.8. The van der Waals surface area contributed by atoms with E-state index in [0.717, 1.165) is 0 Å². The first kappa shape index (κ1) is 16.7. The van der Waals surface area contributed by atoms with Gasteiger partial charge in [0.25, 0.3) is 0 Å². The molecule has 122 valence electrons. The van der Waals surface area contributed by atoms with Gasteiger partial charge in [0.1, 0.15) is 0 Å². The molecule has 2 aromatic rings. The highest BCUT2D eigenvalue weighted by Crippen LogP contribution is 2.21. The number of carboxylic acid groups (broad SMARTS) is 2. The largest absolute Gasteiger partial charge is 0.513 e. The lowest BCUT2D eigenvalue weighted by Gasteiger charge is -2.05. The molecule has 0 heterocycles. The predicted molar refractivity (Wildman–Crippen MR) is 78.8 cm³/mol. The van der Waals surface area contributed by atoms with E-state index in [1.54, 1.807) is 24.3 Å². The Morgan fingerprint density at radius 1 is 0.583 bits per heavy atom. The lowest BCUT2D eigenvalue weighted by molar-refractivity contribution is 0.0490. The Morgan fingerprint density at radius 3 is 1.12 bits per heavy atom. The molecule has 0 radical (unpaired) electrons. The molecule has 0 spiro atoms. The fourth-order valence-corrected chi connectivity index (χ4v) is 1.87. The third-order valence-corrected chi connectivity index (χ3v) is 2.93. The summed E-state index contributed by atoms with van der Waals surface area (Å²) in [4.78, 5) is 43.4. The van der Waals surface area contributed by atoms with Crippen LogP contribution in [0.15, 0.2) is 48.5 Å². The normalized spacial score (nSPS) is 9.83. The van der Waals surface area contributed by atoms with Crippen molar-refractivity contribution in [3.05, 3.63) is 59.7 Å². The van der Waals surface area contributed by atoms with Gasteiger partial charge in [0.05, 0.1) is 11.1 Å². The van der Waals surface area contributed by atoms with Gasteiger partial charge in [0.15, 0.2) is 0 Å². The highest BCUT2D eigenvalue weighted by Gasteiger charge is 2.13. The zero-order chi connectivity index (χ0) is 17.7. The van der Waals surface area contributed by atoms with Crippen molar-refractivity contribution in [2.75, 3.05) is 0 Å². The van der Waals surface area contributed by atoms with Crippen LogP contribution in [-0.4, -0.2) is 34.5 Å². The maximum absolute atomic E-state index is 11.4. The number of hydrogen-bond donors (Lipinski definition) is 2. The van der Waals surface area contributed by atoms with E-state index >= 15 is 0 Å². The highest BCUT2D eigenvalue weighted by atomic mass is 16.7. The van der Waals surface area contributed by atoms with Gasteiger partial charge in [-0.05, 0) is 35.4 Å². The molecule has 0 aliphatic carbocycles. The van der Waals surface area contributed by atoms with Crippen LogP contribution in [0.4, 0.5) is 9.59 Å². The maximum atomic E-state index is 11.4. The summed E-state index contributed by atoms with van der Waals surface area (Å²) in [5.74, 6) is -1.97. The summed E-state index contributed by atoms with van der Waals surface area (Å²) < 4.78 is 8.07. The lowest BCUT2D eigenvalue weighted by atomic mass is 10.0. The average Bonchev–Trinajstić information content (AvgIpc) is 2.54. The van der Waals surface area contributed by atoms with Crippen LogP contribution in [-0.2, 0) is 9.47 Å².